The fraction of sp³-hybridized carbons (Fsp3) is 0. The van der Waals surface area contributed by atoms with E-state index in [2.05, 4.69) is 156 Å². The third-order valence-corrected chi connectivity index (χ3v) is 12.7. The predicted molar refractivity (Wildman–Crippen MR) is 232 cm³/mol. The fourth-order valence-corrected chi connectivity index (χ4v) is 10.2. The van der Waals surface area contributed by atoms with Crippen molar-refractivity contribution in [2.24, 2.45) is 0 Å². The largest absolute Gasteiger partial charge is 0.452 e. The molecule has 0 N–H and O–H groups in total. The second kappa shape index (κ2) is 10.8. The van der Waals surface area contributed by atoms with Gasteiger partial charge in [-0.25, -0.2) is 9.97 Å². The summed E-state index contributed by atoms with van der Waals surface area (Å²) in [4.78, 5) is 10.9. The number of hydrogen-bond acceptors (Lipinski definition) is 4. The van der Waals surface area contributed by atoms with E-state index in [1.807, 2.05) is 23.5 Å². The van der Waals surface area contributed by atoms with Crippen molar-refractivity contribution in [2.45, 2.75) is 0 Å². The number of furan rings is 1. The zero-order chi connectivity index (χ0) is 35.8. The maximum Gasteiger partial charge on any atom is 0.236 e. The van der Waals surface area contributed by atoms with Crippen molar-refractivity contribution in [1.82, 2.24) is 14.5 Å². The molecule has 4 nitrogen and oxygen atoms in total. The molecule has 0 bridgehead atoms. The van der Waals surface area contributed by atoms with Crippen molar-refractivity contribution in [3.63, 3.8) is 0 Å². The molecule has 0 amide bonds. The zero-order valence-electron chi connectivity index (χ0n) is 29.2. The highest BCUT2D eigenvalue weighted by atomic mass is 32.1. The Kier molecular flexibility index (Phi) is 5.74. The van der Waals surface area contributed by atoms with E-state index >= 15 is 0 Å². The zero-order valence-corrected chi connectivity index (χ0v) is 30.1. The molecule has 0 aliphatic carbocycles. The molecule has 0 unspecified atom stereocenters. The van der Waals surface area contributed by atoms with E-state index in [9.17, 15) is 0 Å². The second-order valence-corrected chi connectivity index (χ2v) is 15.6. The smallest absolute Gasteiger partial charge is 0.236 e. The van der Waals surface area contributed by atoms with Gasteiger partial charge in [0.25, 0.3) is 0 Å². The van der Waals surface area contributed by atoms with Gasteiger partial charge in [-0.3, -0.25) is 4.57 Å². The first kappa shape index (κ1) is 29.4. The van der Waals surface area contributed by atoms with E-state index in [1.165, 1.54) is 74.0 Å². The quantitative estimate of drug-likeness (QED) is 0.167. The minimum absolute atomic E-state index is 0.615. The summed E-state index contributed by atoms with van der Waals surface area (Å²) in [5.41, 5.74) is 6.20. The maximum absolute atomic E-state index is 6.64. The van der Waals surface area contributed by atoms with E-state index < -0.39 is 0 Å². The topological polar surface area (TPSA) is 43.9 Å². The molecule has 0 atom stereocenters. The van der Waals surface area contributed by atoms with E-state index in [0.717, 1.165) is 38.8 Å². The monoisotopic (exact) mass is 717 g/mol. The van der Waals surface area contributed by atoms with Crippen LogP contribution in [0.4, 0.5) is 0 Å². The van der Waals surface area contributed by atoms with Crippen LogP contribution in [0.5, 0.6) is 0 Å². The molecule has 55 heavy (non-hydrogen) atoms. The number of rotatable bonds is 2. The molecular formula is C50H27N3OS. The van der Waals surface area contributed by atoms with Gasteiger partial charge in [-0.05, 0) is 86.2 Å². The van der Waals surface area contributed by atoms with Crippen LogP contribution >= 0.6 is 11.3 Å². The van der Waals surface area contributed by atoms with Crippen LogP contribution in [-0.4, -0.2) is 14.5 Å². The summed E-state index contributed by atoms with van der Waals surface area (Å²) >= 11 is 1.82. The van der Waals surface area contributed by atoms with Gasteiger partial charge in [-0.2, -0.15) is 0 Å². The highest BCUT2D eigenvalue weighted by molar-refractivity contribution is 7.25. The van der Waals surface area contributed by atoms with Crippen molar-refractivity contribution < 1.29 is 4.42 Å². The molecule has 5 heteroatoms. The lowest BCUT2D eigenvalue weighted by molar-refractivity contribution is 0.666. The lowest BCUT2D eigenvalue weighted by Gasteiger charge is -2.12. The van der Waals surface area contributed by atoms with Crippen LogP contribution in [0.25, 0.3) is 124 Å². The Balaban J connectivity index is 1.21. The van der Waals surface area contributed by atoms with Gasteiger partial charge in [0, 0.05) is 47.3 Å². The van der Waals surface area contributed by atoms with Gasteiger partial charge in [-0.15, -0.1) is 11.3 Å². The number of para-hydroxylation sites is 1. The summed E-state index contributed by atoms with van der Waals surface area (Å²) in [7, 11) is 0. The van der Waals surface area contributed by atoms with Crippen LogP contribution in [0.15, 0.2) is 168 Å². The molecule has 9 aromatic carbocycles. The van der Waals surface area contributed by atoms with Gasteiger partial charge in [-0.1, -0.05) is 115 Å². The Labute approximate surface area is 317 Å². The predicted octanol–water partition coefficient (Wildman–Crippen LogP) is 14.1. The van der Waals surface area contributed by atoms with Crippen LogP contribution in [-0.2, 0) is 0 Å². The Morgan fingerprint density at radius 1 is 0.436 bits per heavy atom. The maximum atomic E-state index is 6.64. The number of nitrogens with zero attached hydrogens (tertiary/aromatic N) is 3. The molecule has 13 rings (SSSR count). The fourth-order valence-electron chi connectivity index (χ4n) is 9.15. The van der Waals surface area contributed by atoms with Gasteiger partial charge >= 0.3 is 0 Å². The normalized spacial score (nSPS) is 12.4. The number of benzene rings is 9. The Hall–Kier alpha value is -7.08. The summed E-state index contributed by atoms with van der Waals surface area (Å²) < 4.78 is 11.4. The van der Waals surface area contributed by atoms with Crippen LogP contribution < -0.4 is 0 Å². The number of hydrogen-bond donors (Lipinski definition) is 0. The molecule has 0 radical (unpaired) electrons. The first-order chi connectivity index (χ1) is 27.3. The Morgan fingerprint density at radius 3 is 1.89 bits per heavy atom. The van der Waals surface area contributed by atoms with Gasteiger partial charge in [0.2, 0.25) is 5.95 Å². The molecule has 4 heterocycles. The molecule has 13 aromatic rings. The minimum atomic E-state index is 0.615. The summed E-state index contributed by atoms with van der Waals surface area (Å²) in [5, 5.41) is 15.7. The second-order valence-electron chi connectivity index (χ2n) is 14.5. The first-order valence-corrected chi connectivity index (χ1v) is 19.4. The standard InChI is InChI=1S/C50H27N3OS/c1-2-12-29-27-41-39(25-28(29)11-1)46-40(23-22-36-33-15-4-3-13-31(33)32-14-5-6-17-35(32)45(36)46)53(41)50-51-47(49-48(52-50)37-18-7-9-19-42(37)54-49)30-21-24-44-38(26-30)34-16-8-10-20-43(34)55-44/h1-27H. The van der Waals surface area contributed by atoms with Gasteiger partial charge in [0.15, 0.2) is 5.58 Å². The van der Waals surface area contributed by atoms with Crippen LogP contribution in [0.3, 0.4) is 0 Å². The lowest BCUT2D eigenvalue weighted by Crippen LogP contribution is -2.03. The van der Waals surface area contributed by atoms with Crippen molar-refractivity contribution in [3.8, 4) is 17.2 Å². The average molecular weight is 718 g/mol. The molecule has 0 saturated carbocycles. The highest BCUT2D eigenvalue weighted by Gasteiger charge is 2.24. The SMILES string of the molecule is c1ccc2cc3c(cc2c1)c1c2c4ccccc4c4ccccc4c2ccc1n3-c1nc(-c2ccc3sc4ccccc4c3c2)c2oc3ccccc3c2n1. The molecule has 254 valence electrons. The van der Waals surface area contributed by atoms with Gasteiger partial charge in [0.1, 0.15) is 16.8 Å². The molecule has 4 aromatic heterocycles. The van der Waals surface area contributed by atoms with E-state index in [1.54, 1.807) is 0 Å². The molecule has 0 aliphatic heterocycles. The van der Waals surface area contributed by atoms with Crippen LogP contribution in [0.2, 0.25) is 0 Å². The third kappa shape index (κ3) is 4.00. The molecule has 0 spiro atoms. The summed E-state index contributed by atoms with van der Waals surface area (Å²) in [5.74, 6) is 0.615. The average Bonchev–Trinajstić information content (AvgIpc) is 3.91. The Bertz CT molecular complexity index is 3760. The molecule has 0 fully saturated rings. The minimum Gasteiger partial charge on any atom is -0.452 e. The molecule has 0 saturated heterocycles. The lowest BCUT2D eigenvalue weighted by atomic mass is 9.91. The van der Waals surface area contributed by atoms with Crippen molar-refractivity contribution in [3.05, 3.63) is 164 Å². The molecule has 0 aliphatic rings. The Morgan fingerprint density at radius 2 is 1.07 bits per heavy atom. The van der Waals surface area contributed by atoms with Crippen molar-refractivity contribution in [1.29, 1.82) is 0 Å². The molecular weight excluding hydrogens is 691 g/mol. The number of aromatic nitrogens is 3. The number of thiophene rings is 1. The summed E-state index contributed by atoms with van der Waals surface area (Å²) in [6.07, 6.45) is 0. The summed E-state index contributed by atoms with van der Waals surface area (Å²) in [6.45, 7) is 0. The van der Waals surface area contributed by atoms with E-state index in [-0.39, 0.29) is 0 Å². The third-order valence-electron chi connectivity index (χ3n) is 11.6. The van der Waals surface area contributed by atoms with Gasteiger partial charge in [0.05, 0.1) is 11.0 Å². The van der Waals surface area contributed by atoms with Crippen LogP contribution in [0.1, 0.15) is 0 Å². The van der Waals surface area contributed by atoms with Gasteiger partial charge < -0.3 is 4.42 Å². The summed E-state index contributed by atoms with van der Waals surface area (Å²) in [6, 6.07) is 59.0. The number of fused-ring (bicyclic) bond motifs is 17. The van der Waals surface area contributed by atoms with Crippen molar-refractivity contribution in [2.75, 3.05) is 0 Å². The van der Waals surface area contributed by atoms with E-state index in [0.29, 0.717) is 11.5 Å². The van der Waals surface area contributed by atoms with Crippen LogP contribution in [0, 0.1) is 0 Å². The first-order valence-electron chi connectivity index (χ1n) is 18.6. The highest BCUT2D eigenvalue weighted by Crippen LogP contribution is 2.45. The van der Waals surface area contributed by atoms with E-state index in [4.69, 9.17) is 14.4 Å². The van der Waals surface area contributed by atoms with Crippen molar-refractivity contribution >= 4 is 118 Å².